The lowest BCUT2D eigenvalue weighted by atomic mass is 9.80. The van der Waals surface area contributed by atoms with Crippen molar-refractivity contribution >= 4 is 5.97 Å². The summed E-state index contributed by atoms with van der Waals surface area (Å²) in [6.07, 6.45) is 11.6. The third kappa shape index (κ3) is 5.68. The minimum absolute atomic E-state index is 0.0550. The van der Waals surface area contributed by atoms with Crippen molar-refractivity contribution in [3.63, 3.8) is 0 Å². The Kier molecular flexibility index (Phi) is 7.51. The molecule has 0 bridgehead atoms. The largest absolute Gasteiger partial charge is 0.462 e. The normalized spacial score (nSPS) is 28.5. The number of esters is 1. The summed E-state index contributed by atoms with van der Waals surface area (Å²) in [5, 5.41) is 0. The number of allylic oxidation sites excluding steroid dienone is 1. The van der Waals surface area contributed by atoms with E-state index >= 15 is 0 Å². The smallest absolute Gasteiger partial charge is 0.309 e. The summed E-state index contributed by atoms with van der Waals surface area (Å²) < 4.78 is 11.1. The van der Waals surface area contributed by atoms with Crippen molar-refractivity contribution in [2.24, 2.45) is 11.8 Å². The highest BCUT2D eigenvalue weighted by Crippen LogP contribution is 2.36. The number of methoxy groups -OCH3 is 1. The molecule has 2 aliphatic rings. The Morgan fingerprint density at radius 1 is 1.04 bits per heavy atom. The molecule has 0 amide bonds. The summed E-state index contributed by atoms with van der Waals surface area (Å²) in [5.74, 6) is 1.49. The summed E-state index contributed by atoms with van der Waals surface area (Å²) in [6, 6.07) is 8.78. The number of hydrogen-bond donors (Lipinski definition) is 0. The van der Waals surface area contributed by atoms with Crippen molar-refractivity contribution in [3.05, 3.63) is 48.0 Å². The minimum atomic E-state index is 0.0550. The Bertz CT molecular complexity index is 591. The van der Waals surface area contributed by atoms with E-state index in [0.29, 0.717) is 12.5 Å². The van der Waals surface area contributed by atoms with Crippen molar-refractivity contribution in [1.82, 2.24) is 0 Å². The molecule has 0 atom stereocenters. The molecule has 3 rings (SSSR count). The van der Waals surface area contributed by atoms with E-state index < -0.39 is 0 Å². The number of benzene rings is 1. The molecule has 0 N–H and O–H groups in total. The van der Waals surface area contributed by atoms with Gasteiger partial charge in [0.25, 0.3) is 0 Å². The van der Waals surface area contributed by atoms with Crippen LogP contribution in [0.3, 0.4) is 0 Å². The highest BCUT2D eigenvalue weighted by Gasteiger charge is 2.30. The summed E-state index contributed by atoms with van der Waals surface area (Å²) in [7, 11) is 1.73. The van der Waals surface area contributed by atoms with Crippen LogP contribution in [0.25, 0.3) is 0 Å². The highest BCUT2D eigenvalue weighted by molar-refractivity contribution is 5.72. The molecule has 1 aromatic rings. The zero-order chi connectivity index (χ0) is 19.1. The molecule has 0 unspecified atom stereocenters. The molecule has 0 heterocycles. The van der Waals surface area contributed by atoms with Crippen LogP contribution in [0.4, 0.5) is 0 Å². The maximum absolute atomic E-state index is 12.5. The van der Waals surface area contributed by atoms with Gasteiger partial charge in [0.2, 0.25) is 0 Å². The van der Waals surface area contributed by atoms with Gasteiger partial charge in [0.1, 0.15) is 6.10 Å². The number of carbonyl (C=O) groups excluding carboxylic acids is 1. The summed E-state index contributed by atoms with van der Waals surface area (Å²) in [4.78, 5) is 12.5. The number of rotatable bonds is 7. The second-order valence-electron chi connectivity index (χ2n) is 8.33. The van der Waals surface area contributed by atoms with Crippen molar-refractivity contribution in [2.45, 2.75) is 76.4 Å². The Morgan fingerprint density at radius 2 is 1.70 bits per heavy atom. The van der Waals surface area contributed by atoms with E-state index in [1.165, 1.54) is 11.1 Å². The van der Waals surface area contributed by atoms with Gasteiger partial charge in [-0.15, -0.1) is 6.58 Å². The number of ether oxygens (including phenoxy) is 2. The first kappa shape index (κ1) is 20.1. The fourth-order valence-corrected chi connectivity index (χ4v) is 4.70. The van der Waals surface area contributed by atoms with Gasteiger partial charge in [-0.3, -0.25) is 4.79 Å². The van der Waals surface area contributed by atoms with Gasteiger partial charge in [-0.1, -0.05) is 30.3 Å². The second-order valence-corrected chi connectivity index (χ2v) is 8.33. The molecule has 3 heteroatoms. The molecule has 2 fully saturated rings. The average Bonchev–Trinajstić information content (AvgIpc) is 2.70. The maximum atomic E-state index is 12.5. The van der Waals surface area contributed by atoms with Crippen LogP contribution in [-0.2, 0) is 20.9 Å². The van der Waals surface area contributed by atoms with E-state index in [1.54, 1.807) is 7.11 Å². The first-order valence-electron chi connectivity index (χ1n) is 10.6. The van der Waals surface area contributed by atoms with Crippen LogP contribution >= 0.6 is 0 Å². The van der Waals surface area contributed by atoms with Crippen LogP contribution < -0.4 is 0 Å². The van der Waals surface area contributed by atoms with E-state index in [4.69, 9.17) is 9.47 Å². The molecule has 1 aromatic carbocycles. The average molecular weight is 371 g/mol. The summed E-state index contributed by atoms with van der Waals surface area (Å²) in [6.45, 7) is 4.49. The zero-order valence-electron chi connectivity index (χ0n) is 16.7. The van der Waals surface area contributed by atoms with Crippen molar-refractivity contribution in [1.29, 1.82) is 0 Å². The third-order valence-corrected chi connectivity index (χ3v) is 6.40. The van der Waals surface area contributed by atoms with Gasteiger partial charge in [0.05, 0.1) is 12.5 Å². The summed E-state index contributed by atoms with van der Waals surface area (Å²) in [5.41, 5.74) is 2.62. The van der Waals surface area contributed by atoms with Crippen molar-refractivity contribution < 1.29 is 14.3 Å². The van der Waals surface area contributed by atoms with Crippen LogP contribution in [0.15, 0.2) is 36.9 Å². The van der Waals surface area contributed by atoms with Gasteiger partial charge < -0.3 is 9.47 Å². The van der Waals surface area contributed by atoms with Crippen LogP contribution in [0.1, 0.15) is 74.8 Å². The Morgan fingerprint density at radius 3 is 2.30 bits per heavy atom. The molecule has 2 saturated carbocycles. The predicted molar refractivity (Wildman–Crippen MR) is 109 cm³/mol. The molecule has 0 aliphatic heterocycles. The monoisotopic (exact) mass is 370 g/mol. The molecule has 148 valence electrons. The van der Waals surface area contributed by atoms with Gasteiger partial charge in [0.15, 0.2) is 0 Å². The van der Waals surface area contributed by atoms with Gasteiger partial charge >= 0.3 is 5.97 Å². The minimum Gasteiger partial charge on any atom is -0.462 e. The lowest BCUT2D eigenvalue weighted by Crippen LogP contribution is -2.29. The van der Waals surface area contributed by atoms with E-state index in [0.717, 1.165) is 63.7 Å². The molecule has 3 nitrogen and oxygen atoms in total. The number of hydrogen-bond acceptors (Lipinski definition) is 3. The Hall–Kier alpha value is -1.61. The lowest BCUT2D eigenvalue weighted by Gasteiger charge is -2.31. The number of carbonyl (C=O) groups is 1. The molecular formula is C24H34O3. The Labute approximate surface area is 164 Å². The topological polar surface area (TPSA) is 35.5 Å². The molecule has 0 spiro atoms. The first-order chi connectivity index (χ1) is 13.2. The molecule has 0 saturated heterocycles. The van der Waals surface area contributed by atoms with Crippen LogP contribution in [0.2, 0.25) is 0 Å². The fourth-order valence-electron chi connectivity index (χ4n) is 4.70. The van der Waals surface area contributed by atoms with Crippen LogP contribution in [0.5, 0.6) is 0 Å². The third-order valence-electron chi connectivity index (χ3n) is 6.40. The lowest BCUT2D eigenvalue weighted by molar-refractivity contribution is -0.157. The maximum Gasteiger partial charge on any atom is 0.309 e. The fraction of sp³-hybridized carbons (Fsp3) is 0.625. The SMILES string of the molecule is C=CCC1CCC(C(=O)OC2CCC(c3ccc(COC)cc3)CC2)CC1. The molecule has 0 aromatic heterocycles. The van der Waals surface area contributed by atoms with Crippen molar-refractivity contribution in [3.8, 4) is 0 Å². The molecule has 2 aliphatic carbocycles. The Balaban J connectivity index is 1.41. The van der Waals surface area contributed by atoms with Crippen molar-refractivity contribution in [2.75, 3.05) is 7.11 Å². The van der Waals surface area contributed by atoms with Gasteiger partial charge in [-0.25, -0.2) is 0 Å². The summed E-state index contributed by atoms with van der Waals surface area (Å²) >= 11 is 0. The first-order valence-corrected chi connectivity index (χ1v) is 10.6. The van der Waals surface area contributed by atoms with E-state index in [1.807, 2.05) is 6.08 Å². The molecule has 27 heavy (non-hydrogen) atoms. The van der Waals surface area contributed by atoms with Gasteiger partial charge in [0, 0.05) is 7.11 Å². The van der Waals surface area contributed by atoms with E-state index in [9.17, 15) is 4.79 Å². The predicted octanol–water partition coefficient (Wildman–Crippen LogP) is 5.78. The van der Waals surface area contributed by atoms with Gasteiger partial charge in [-0.2, -0.15) is 0 Å². The van der Waals surface area contributed by atoms with Gasteiger partial charge in [-0.05, 0) is 80.8 Å². The van der Waals surface area contributed by atoms with E-state index in [-0.39, 0.29) is 18.0 Å². The second kappa shape index (κ2) is 10.1. The molecular weight excluding hydrogens is 336 g/mol. The highest BCUT2D eigenvalue weighted by atomic mass is 16.5. The zero-order valence-corrected chi connectivity index (χ0v) is 16.7. The molecule has 0 radical (unpaired) electrons. The standard InChI is InChI=1S/C24H34O3/c1-3-4-18-5-11-22(12-6-18)24(25)27-23-15-13-21(14-16-23)20-9-7-19(8-10-20)17-26-2/h3,7-10,18,21-23H,1,4-6,11-17H2,2H3. The quantitative estimate of drug-likeness (QED) is 0.450. The van der Waals surface area contributed by atoms with Crippen LogP contribution in [-0.4, -0.2) is 19.2 Å². The van der Waals surface area contributed by atoms with Crippen LogP contribution in [0, 0.1) is 11.8 Å². The van der Waals surface area contributed by atoms with E-state index in [2.05, 4.69) is 30.8 Å².